The van der Waals surface area contributed by atoms with E-state index in [0.717, 1.165) is 45.1 Å². The monoisotopic (exact) mass is 264 g/mol. The van der Waals surface area contributed by atoms with E-state index in [9.17, 15) is 9.18 Å². The van der Waals surface area contributed by atoms with Crippen LogP contribution in [0.4, 0.5) is 4.39 Å². The van der Waals surface area contributed by atoms with Gasteiger partial charge in [0.25, 0.3) is 5.91 Å². The maximum absolute atomic E-state index is 13.5. The summed E-state index contributed by atoms with van der Waals surface area (Å²) in [6.07, 6.45) is 6.56. The molecule has 1 saturated carbocycles. The van der Waals surface area contributed by atoms with Gasteiger partial charge in [0.1, 0.15) is 0 Å². The molecule has 1 N–H and O–H groups in total. The Morgan fingerprint density at radius 1 is 1.42 bits per heavy atom. The zero-order chi connectivity index (χ0) is 13.3. The fraction of sp³-hybridized carbons (Fsp3) is 0.571. The van der Waals surface area contributed by atoms with Crippen LogP contribution in [0.3, 0.4) is 0 Å². The van der Waals surface area contributed by atoms with Gasteiger partial charge in [-0.1, -0.05) is 0 Å². The van der Waals surface area contributed by atoms with Gasteiger partial charge in [-0.2, -0.15) is 0 Å². The first-order valence-corrected chi connectivity index (χ1v) is 6.69. The molecule has 102 valence electrons. The Morgan fingerprint density at radius 3 is 2.84 bits per heavy atom. The number of hydrogen-bond acceptors (Lipinski definition) is 3. The number of hydrogen-bond donors (Lipinski definition) is 1. The van der Waals surface area contributed by atoms with Crippen molar-refractivity contribution < 1.29 is 13.9 Å². The normalized spacial score (nSPS) is 24.8. The highest BCUT2D eigenvalue weighted by Crippen LogP contribution is 2.48. The second-order valence-corrected chi connectivity index (χ2v) is 5.39. The number of rotatable bonds is 2. The van der Waals surface area contributed by atoms with E-state index in [0.29, 0.717) is 0 Å². The van der Waals surface area contributed by atoms with Crippen molar-refractivity contribution in [2.75, 3.05) is 13.2 Å². The summed E-state index contributed by atoms with van der Waals surface area (Å²) in [5, 5.41) is 2.97. The lowest BCUT2D eigenvalue weighted by atomic mass is 9.60. The molecule has 1 aromatic rings. The Labute approximate surface area is 111 Å². The minimum absolute atomic E-state index is 0.0732. The molecule has 1 atom stereocenters. The van der Waals surface area contributed by atoms with Crippen molar-refractivity contribution in [1.82, 2.24) is 10.3 Å². The molecule has 1 aliphatic carbocycles. The molecule has 2 heterocycles. The van der Waals surface area contributed by atoms with E-state index in [-0.39, 0.29) is 22.9 Å². The van der Waals surface area contributed by atoms with Crippen LogP contribution >= 0.6 is 0 Å². The van der Waals surface area contributed by atoms with Crippen molar-refractivity contribution in [3.05, 3.63) is 29.8 Å². The van der Waals surface area contributed by atoms with E-state index in [1.54, 1.807) is 0 Å². The molecule has 1 saturated heterocycles. The van der Waals surface area contributed by atoms with Gasteiger partial charge in [0, 0.05) is 25.5 Å². The second kappa shape index (κ2) is 4.89. The van der Waals surface area contributed by atoms with Crippen LogP contribution in [0.2, 0.25) is 0 Å². The lowest BCUT2D eigenvalue weighted by Crippen LogP contribution is -2.57. The van der Waals surface area contributed by atoms with E-state index >= 15 is 0 Å². The van der Waals surface area contributed by atoms with Gasteiger partial charge in [0.15, 0.2) is 5.82 Å². The number of aromatic nitrogens is 1. The number of nitrogens with zero attached hydrogens (tertiary/aromatic N) is 1. The van der Waals surface area contributed by atoms with Crippen molar-refractivity contribution in [2.24, 2.45) is 5.41 Å². The third kappa shape index (κ3) is 2.23. The van der Waals surface area contributed by atoms with Crippen molar-refractivity contribution in [1.29, 1.82) is 0 Å². The molecule has 1 aliphatic heterocycles. The molecule has 1 unspecified atom stereocenters. The largest absolute Gasteiger partial charge is 0.381 e. The maximum atomic E-state index is 13.5. The lowest BCUT2D eigenvalue weighted by molar-refractivity contribution is -0.0523. The lowest BCUT2D eigenvalue weighted by Gasteiger charge is -2.52. The quantitative estimate of drug-likeness (QED) is 0.887. The highest BCUT2D eigenvalue weighted by molar-refractivity contribution is 5.94. The number of pyridine rings is 1. The fourth-order valence-corrected chi connectivity index (χ4v) is 3.09. The summed E-state index contributed by atoms with van der Waals surface area (Å²) < 4.78 is 18.9. The zero-order valence-corrected chi connectivity index (χ0v) is 10.7. The summed E-state index contributed by atoms with van der Waals surface area (Å²) in [6.45, 7) is 1.52. The third-order valence-corrected chi connectivity index (χ3v) is 4.48. The van der Waals surface area contributed by atoms with Crippen LogP contribution in [0.1, 0.15) is 36.0 Å². The predicted octanol–water partition coefficient (Wildman–Crippen LogP) is 1.91. The van der Waals surface area contributed by atoms with Crippen LogP contribution in [-0.4, -0.2) is 30.1 Å². The zero-order valence-electron chi connectivity index (χ0n) is 10.7. The number of ether oxygens (including phenoxy) is 1. The topological polar surface area (TPSA) is 51.2 Å². The van der Waals surface area contributed by atoms with Crippen LogP contribution in [0.15, 0.2) is 18.5 Å². The average molecular weight is 264 g/mol. The standard InChI is InChI=1S/C14H17FN2O2/c15-11-9-16-6-2-10(11)13(18)17-12-1-3-14(12)4-7-19-8-5-14/h2,6,9,12H,1,3-5,7-8H2,(H,17,18). The molecule has 0 radical (unpaired) electrons. The van der Waals surface area contributed by atoms with Crippen molar-refractivity contribution in [2.45, 2.75) is 31.7 Å². The van der Waals surface area contributed by atoms with Gasteiger partial charge in [-0.05, 0) is 37.2 Å². The Kier molecular flexibility index (Phi) is 3.22. The van der Waals surface area contributed by atoms with Gasteiger partial charge in [0.05, 0.1) is 11.8 Å². The molecule has 4 nitrogen and oxygen atoms in total. The van der Waals surface area contributed by atoms with Gasteiger partial charge in [-0.15, -0.1) is 0 Å². The van der Waals surface area contributed by atoms with Gasteiger partial charge >= 0.3 is 0 Å². The van der Waals surface area contributed by atoms with Gasteiger partial charge < -0.3 is 10.1 Å². The summed E-state index contributed by atoms with van der Waals surface area (Å²) >= 11 is 0. The molecule has 0 aromatic carbocycles. The van der Waals surface area contributed by atoms with Crippen LogP contribution in [0.5, 0.6) is 0 Å². The van der Waals surface area contributed by atoms with E-state index in [2.05, 4.69) is 10.3 Å². The average Bonchev–Trinajstić information content (AvgIpc) is 2.45. The number of carbonyl (C=O) groups excluding carboxylic acids is 1. The Hall–Kier alpha value is -1.49. The first kappa shape index (κ1) is 12.5. The third-order valence-electron chi connectivity index (χ3n) is 4.48. The maximum Gasteiger partial charge on any atom is 0.254 e. The van der Waals surface area contributed by atoms with Crippen LogP contribution in [-0.2, 0) is 4.74 Å². The molecule has 2 aliphatic rings. The van der Waals surface area contributed by atoms with Crippen molar-refractivity contribution >= 4 is 5.91 Å². The molecule has 2 fully saturated rings. The molecule has 3 rings (SSSR count). The summed E-state index contributed by atoms with van der Waals surface area (Å²) in [7, 11) is 0. The number of nitrogens with one attached hydrogen (secondary N) is 1. The van der Waals surface area contributed by atoms with Crippen molar-refractivity contribution in [3.8, 4) is 0 Å². The molecular weight excluding hydrogens is 247 g/mol. The van der Waals surface area contributed by atoms with Crippen LogP contribution in [0.25, 0.3) is 0 Å². The first-order chi connectivity index (χ1) is 9.21. The Balaban J connectivity index is 1.69. The van der Waals surface area contributed by atoms with E-state index in [1.165, 1.54) is 12.3 Å². The molecular formula is C14H17FN2O2. The molecule has 1 spiro atoms. The first-order valence-electron chi connectivity index (χ1n) is 6.69. The molecule has 5 heteroatoms. The Morgan fingerprint density at radius 2 is 2.21 bits per heavy atom. The molecule has 19 heavy (non-hydrogen) atoms. The smallest absolute Gasteiger partial charge is 0.254 e. The minimum atomic E-state index is -0.569. The predicted molar refractivity (Wildman–Crippen MR) is 67.2 cm³/mol. The van der Waals surface area contributed by atoms with E-state index in [4.69, 9.17) is 4.74 Å². The number of halogens is 1. The summed E-state index contributed by atoms with van der Waals surface area (Å²) in [5.74, 6) is -0.907. The minimum Gasteiger partial charge on any atom is -0.381 e. The van der Waals surface area contributed by atoms with Crippen molar-refractivity contribution in [3.63, 3.8) is 0 Å². The van der Waals surface area contributed by atoms with Gasteiger partial charge in [-0.25, -0.2) is 4.39 Å². The highest BCUT2D eigenvalue weighted by atomic mass is 19.1. The number of amides is 1. The second-order valence-electron chi connectivity index (χ2n) is 5.39. The molecule has 0 bridgehead atoms. The Bertz CT molecular complexity index is 486. The summed E-state index contributed by atoms with van der Waals surface area (Å²) in [4.78, 5) is 15.7. The van der Waals surface area contributed by atoms with E-state index in [1.807, 2.05) is 0 Å². The van der Waals surface area contributed by atoms with Crippen LogP contribution in [0, 0.1) is 11.2 Å². The van der Waals surface area contributed by atoms with Gasteiger partial charge in [0.2, 0.25) is 0 Å². The number of carbonyl (C=O) groups is 1. The molecule has 1 amide bonds. The fourth-order valence-electron chi connectivity index (χ4n) is 3.09. The van der Waals surface area contributed by atoms with E-state index < -0.39 is 5.82 Å². The highest BCUT2D eigenvalue weighted by Gasteiger charge is 2.48. The SMILES string of the molecule is O=C(NC1CCC12CCOCC2)c1ccncc1F. The van der Waals surface area contributed by atoms with Crippen LogP contribution < -0.4 is 5.32 Å². The summed E-state index contributed by atoms with van der Waals surface area (Å²) in [5.41, 5.74) is 0.251. The molecule has 1 aromatic heterocycles. The summed E-state index contributed by atoms with van der Waals surface area (Å²) in [6, 6.07) is 1.57. The van der Waals surface area contributed by atoms with Gasteiger partial charge in [-0.3, -0.25) is 9.78 Å².